The summed E-state index contributed by atoms with van der Waals surface area (Å²) in [6, 6.07) is 7.55. The fraction of sp³-hybridized carbons (Fsp3) is 0.429. The lowest BCUT2D eigenvalue weighted by Gasteiger charge is -2.16. The molecule has 1 aromatic rings. The van der Waals surface area contributed by atoms with E-state index >= 15 is 0 Å². The molecular formula is C14H17NO3S. The third-order valence-electron chi connectivity index (χ3n) is 3.34. The number of rotatable bonds is 4. The molecule has 1 unspecified atom stereocenters. The van der Waals surface area contributed by atoms with Gasteiger partial charge in [-0.1, -0.05) is 12.1 Å². The minimum atomic E-state index is -0.814. The molecule has 1 atom stereocenters. The highest BCUT2D eigenvalue weighted by molar-refractivity contribution is 7.97. The Morgan fingerprint density at radius 3 is 2.58 bits per heavy atom. The van der Waals surface area contributed by atoms with Gasteiger partial charge in [-0.2, -0.15) is 11.8 Å². The first-order valence-electron chi connectivity index (χ1n) is 6.21. The Morgan fingerprint density at radius 1 is 1.37 bits per heavy atom. The van der Waals surface area contributed by atoms with Gasteiger partial charge in [0, 0.05) is 24.4 Å². The molecule has 19 heavy (non-hydrogen) atoms. The third-order valence-corrected chi connectivity index (χ3v) is 3.96. The number of benzene rings is 1. The molecule has 2 rings (SSSR count). The van der Waals surface area contributed by atoms with Crippen molar-refractivity contribution in [2.75, 3.05) is 19.3 Å². The zero-order valence-electron chi connectivity index (χ0n) is 10.8. The molecule has 0 bridgehead atoms. The quantitative estimate of drug-likeness (QED) is 0.917. The summed E-state index contributed by atoms with van der Waals surface area (Å²) in [6.07, 6.45) is 2.58. The van der Waals surface area contributed by atoms with Crippen LogP contribution >= 0.6 is 11.8 Å². The number of nitrogens with zero attached hydrogens (tertiary/aromatic N) is 1. The van der Waals surface area contributed by atoms with Crippen molar-refractivity contribution in [3.05, 3.63) is 35.4 Å². The van der Waals surface area contributed by atoms with E-state index < -0.39 is 11.9 Å². The summed E-state index contributed by atoms with van der Waals surface area (Å²) in [7, 11) is 0. The monoisotopic (exact) mass is 279 g/mol. The molecule has 1 aliphatic heterocycles. The molecule has 1 aliphatic rings. The second-order valence-corrected chi connectivity index (χ2v) is 5.57. The summed E-state index contributed by atoms with van der Waals surface area (Å²) < 4.78 is 0. The van der Waals surface area contributed by atoms with Crippen LogP contribution in [0.25, 0.3) is 0 Å². The zero-order valence-corrected chi connectivity index (χ0v) is 11.7. The van der Waals surface area contributed by atoms with E-state index in [0.29, 0.717) is 25.1 Å². The van der Waals surface area contributed by atoms with Gasteiger partial charge in [-0.3, -0.25) is 9.59 Å². The first-order valence-corrected chi connectivity index (χ1v) is 7.61. The van der Waals surface area contributed by atoms with Crippen molar-refractivity contribution in [3.63, 3.8) is 0 Å². The number of hydrogen-bond donors (Lipinski definition) is 1. The van der Waals surface area contributed by atoms with Crippen molar-refractivity contribution < 1.29 is 14.7 Å². The number of carbonyl (C=O) groups is 2. The van der Waals surface area contributed by atoms with E-state index in [0.717, 1.165) is 5.75 Å². The van der Waals surface area contributed by atoms with Crippen LogP contribution in [0.15, 0.2) is 24.3 Å². The summed E-state index contributed by atoms with van der Waals surface area (Å²) in [4.78, 5) is 24.7. The summed E-state index contributed by atoms with van der Waals surface area (Å²) in [5.74, 6) is -0.371. The molecular weight excluding hydrogens is 262 g/mol. The fourth-order valence-corrected chi connectivity index (χ4v) is 2.76. The summed E-state index contributed by atoms with van der Waals surface area (Å²) in [5.41, 5.74) is 1.82. The van der Waals surface area contributed by atoms with E-state index in [-0.39, 0.29) is 5.91 Å². The largest absolute Gasteiger partial charge is 0.481 e. The van der Waals surface area contributed by atoms with Gasteiger partial charge in [0.2, 0.25) is 0 Å². The summed E-state index contributed by atoms with van der Waals surface area (Å²) in [5, 5.41) is 8.94. The second-order valence-electron chi connectivity index (χ2n) is 4.70. The molecule has 0 spiro atoms. The Hall–Kier alpha value is -1.49. The molecule has 1 heterocycles. The zero-order chi connectivity index (χ0) is 13.8. The molecule has 1 fully saturated rings. The van der Waals surface area contributed by atoms with Crippen LogP contribution in [0.1, 0.15) is 22.3 Å². The topological polar surface area (TPSA) is 57.6 Å². The maximum Gasteiger partial charge on any atom is 0.308 e. The minimum Gasteiger partial charge on any atom is -0.481 e. The number of aliphatic carboxylic acids is 1. The van der Waals surface area contributed by atoms with Gasteiger partial charge < -0.3 is 10.0 Å². The first-order chi connectivity index (χ1) is 9.11. The van der Waals surface area contributed by atoms with Crippen LogP contribution in [0.3, 0.4) is 0 Å². The van der Waals surface area contributed by atoms with Crippen LogP contribution in [-0.2, 0) is 10.5 Å². The molecule has 0 aliphatic carbocycles. The van der Waals surface area contributed by atoms with Crippen LogP contribution in [-0.4, -0.2) is 41.2 Å². The summed E-state index contributed by atoms with van der Waals surface area (Å²) >= 11 is 1.74. The Balaban J connectivity index is 2.02. The number of carboxylic acid groups (broad SMARTS) is 1. The molecule has 5 heteroatoms. The van der Waals surface area contributed by atoms with Crippen LogP contribution in [0.4, 0.5) is 0 Å². The van der Waals surface area contributed by atoms with Gasteiger partial charge in [-0.05, 0) is 30.4 Å². The van der Waals surface area contributed by atoms with Gasteiger partial charge in [-0.25, -0.2) is 0 Å². The van der Waals surface area contributed by atoms with E-state index in [4.69, 9.17) is 5.11 Å². The molecule has 0 aromatic heterocycles. The minimum absolute atomic E-state index is 0.0700. The van der Waals surface area contributed by atoms with Crippen LogP contribution in [0, 0.1) is 5.92 Å². The Labute approximate surface area is 116 Å². The molecule has 1 N–H and O–H groups in total. The van der Waals surface area contributed by atoms with Crippen molar-refractivity contribution in [2.45, 2.75) is 12.2 Å². The molecule has 102 valence electrons. The maximum atomic E-state index is 12.2. The Kier molecular flexibility index (Phi) is 4.47. The van der Waals surface area contributed by atoms with Crippen LogP contribution in [0.2, 0.25) is 0 Å². The van der Waals surface area contributed by atoms with Gasteiger partial charge in [0.05, 0.1) is 5.92 Å². The molecule has 1 aromatic carbocycles. The average Bonchev–Trinajstić information content (AvgIpc) is 2.89. The highest BCUT2D eigenvalue weighted by atomic mass is 32.2. The molecule has 4 nitrogen and oxygen atoms in total. The molecule has 1 saturated heterocycles. The second kappa shape index (κ2) is 6.10. The predicted molar refractivity (Wildman–Crippen MR) is 75.3 cm³/mol. The van der Waals surface area contributed by atoms with Crippen molar-refractivity contribution in [2.24, 2.45) is 5.92 Å². The van der Waals surface area contributed by atoms with E-state index in [1.807, 2.05) is 30.5 Å². The summed E-state index contributed by atoms with van der Waals surface area (Å²) in [6.45, 7) is 0.850. The number of thioether (sulfide) groups is 1. The van der Waals surface area contributed by atoms with Crippen molar-refractivity contribution in [1.29, 1.82) is 0 Å². The van der Waals surface area contributed by atoms with E-state index in [1.165, 1.54) is 5.56 Å². The smallest absolute Gasteiger partial charge is 0.308 e. The van der Waals surface area contributed by atoms with Gasteiger partial charge in [0.1, 0.15) is 0 Å². The van der Waals surface area contributed by atoms with Gasteiger partial charge in [-0.15, -0.1) is 0 Å². The van der Waals surface area contributed by atoms with Crippen LogP contribution < -0.4 is 0 Å². The van der Waals surface area contributed by atoms with Crippen LogP contribution in [0.5, 0.6) is 0 Å². The number of likely N-dealkylation sites (tertiary alicyclic amines) is 1. The SMILES string of the molecule is CSCc1ccc(C(=O)N2CCC(C(=O)O)C2)cc1. The van der Waals surface area contributed by atoms with Gasteiger partial charge in [0.25, 0.3) is 5.91 Å². The number of carbonyl (C=O) groups excluding carboxylic acids is 1. The lowest BCUT2D eigenvalue weighted by Crippen LogP contribution is -2.29. The van der Waals surface area contributed by atoms with E-state index in [1.54, 1.807) is 16.7 Å². The highest BCUT2D eigenvalue weighted by Crippen LogP contribution is 2.19. The standard InChI is InChI=1S/C14H17NO3S/c1-19-9-10-2-4-11(5-3-10)13(16)15-7-6-12(8-15)14(17)18/h2-5,12H,6-9H2,1H3,(H,17,18). The van der Waals surface area contributed by atoms with Gasteiger partial charge in [0.15, 0.2) is 0 Å². The van der Waals surface area contributed by atoms with E-state index in [9.17, 15) is 9.59 Å². The van der Waals surface area contributed by atoms with Gasteiger partial charge >= 0.3 is 5.97 Å². The molecule has 0 saturated carbocycles. The predicted octanol–water partition coefficient (Wildman–Crippen LogP) is 2.10. The van der Waals surface area contributed by atoms with Crippen molar-refractivity contribution >= 4 is 23.6 Å². The lowest BCUT2D eigenvalue weighted by molar-refractivity contribution is -0.141. The number of carboxylic acids is 1. The third kappa shape index (κ3) is 3.29. The highest BCUT2D eigenvalue weighted by Gasteiger charge is 2.31. The molecule has 1 amide bonds. The first kappa shape index (κ1) is 13.9. The number of hydrogen-bond acceptors (Lipinski definition) is 3. The van der Waals surface area contributed by atoms with Crippen molar-refractivity contribution in [1.82, 2.24) is 4.90 Å². The fourth-order valence-electron chi connectivity index (χ4n) is 2.24. The molecule has 0 radical (unpaired) electrons. The Morgan fingerprint density at radius 2 is 2.05 bits per heavy atom. The normalized spacial score (nSPS) is 18.6. The van der Waals surface area contributed by atoms with E-state index in [2.05, 4.69) is 0 Å². The van der Waals surface area contributed by atoms with Crippen molar-refractivity contribution in [3.8, 4) is 0 Å². The number of amides is 1. The maximum absolute atomic E-state index is 12.2. The lowest BCUT2D eigenvalue weighted by atomic mass is 10.1. The average molecular weight is 279 g/mol. The Bertz CT molecular complexity index is 472.